The number of hydrogen-bond donors (Lipinski definition) is 0. The lowest BCUT2D eigenvalue weighted by molar-refractivity contribution is 0.00589. The fourth-order valence-corrected chi connectivity index (χ4v) is 5.71. The average Bonchev–Trinajstić information content (AvgIpc) is 2.69. The summed E-state index contributed by atoms with van der Waals surface area (Å²) in [5.74, 6) is 1.33. The Bertz CT molecular complexity index is 1070. The first-order chi connectivity index (χ1) is 13.7. The van der Waals surface area contributed by atoms with E-state index in [-0.39, 0.29) is 10.7 Å². The van der Waals surface area contributed by atoms with Crippen LogP contribution in [0.4, 0.5) is 0 Å². The number of hydrogen-bond acceptors (Lipinski definition) is 5. The molecule has 1 spiro atoms. The predicted octanol–water partition coefficient (Wildman–Crippen LogP) is 3.50. The van der Waals surface area contributed by atoms with Gasteiger partial charge in [-0.25, -0.2) is 8.42 Å². The number of methoxy groups -OCH3 is 1. The molecule has 0 radical (unpaired) electrons. The highest BCUT2D eigenvalue weighted by Crippen LogP contribution is 2.40. The van der Waals surface area contributed by atoms with E-state index in [0.29, 0.717) is 49.4 Å². The zero-order chi connectivity index (χ0) is 20.8. The molecule has 0 unspecified atom stereocenters. The number of sulfonamides is 1. The van der Waals surface area contributed by atoms with Gasteiger partial charge in [-0.05, 0) is 49.7 Å². The van der Waals surface area contributed by atoms with Crippen molar-refractivity contribution in [1.82, 2.24) is 4.31 Å². The van der Waals surface area contributed by atoms with E-state index in [0.717, 1.165) is 11.1 Å². The molecule has 7 heteroatoms. The molecule has 2 aliphatic rings. The van der Waals surface area contributed by atoms with Crippen molar-refractivity contribution in [2.75, 3.05) is 20.2 Å². The molecule has 0 saturated carbocycles. The molecule has 4 rings (SSSR count). The Balaban J connectivity index is 1.53. The van der Waals surface area contributed by atoms with Gasteiger partial charge in [-0.1, -0.05) is 11.6 Å². The summed E-state index contributed by atoms with van der Waals surface area (Å²) in [6, 6.07) is 10.5. The van der Waals surface area contributed by atoms with Gasteiger partial charge in [0.05, 0.1) is 24.0 Å². The molecule has 2 aliphatic heterocycles. The second-order valence-electron chi connectivity index (χ2n) is 7.92. The highest BCUT2D eigenvalue weighted by atomic mass is 32.2. The summed E-state index contributed by atoms with van der Waals surface area (Å²) in [6.45, 7) is 4.41. The zero-order valence-corrected chi connectivity index (χ0v) is 17.7. The Hall–Kier alpha value is -2.38. The standard InChI is InChI=1S/C22H25NO5S/c1-15-4-6-21-18(12-15)19(24)14-22(28-21)8-10-23(11-9-22)29(25,26)17-5-7-20(27-3)16(2)13-17/h4-7,12-13H,8-11,14H2,1-3H3. The van der Waals surface area contributed by atoms with Crippen molar-refractivity contribution in [1.29, 1.82) is 0 Å². The third kappa shape index (κ3) is 3.53. The van der Waals surface area contributed by atoms with Gasteiger partial charge in [0, 0.05) is 25.9 Å². The highest BCUT2D eigenvalue weighted by molar-refractivity contribution is 7.89. The number of rotatable bonds is 3. The van der Waals surface area contributed by atoms with Gasteiger partial charge in [-0.3, -0.25) is 4.79 Å². The topological polar surface area (TPSA) is 72.9 Å². The smallest absolute Gasteiger partial charge is 0.243 e. The molecule has 0 atom stereocenters. The maximum absolute atomic E-state index is 13.1. The number of benzene rings is 2. The molecule has 2 aromatic carbocycles. The Kier molecular flexibility index (Phi) is 4.91. The summed E-state index contributed by atoms with van der Waals surface area (Å²) in [6.07, 6.45) is 1.26. The maximum Gasteiger partial charge on any atom is 0.243 e. The Morgan fingerprint density at radius 2 is 1.79 bits per heavy atom. The van der Waals surface area contributed by atoms with Crippen LogP contribution >= 0.6 is 0 Å². The van der Waals surface area contributed by atoms with E-state index in [4.69, 9.17) is 9.47 Å². The number of fused-ring (bicyclic) bond motifs is 1. The van der Waals surface area contributed by atoms with Crippen molar-refractivity contribution in [3.63, 3.8) is 0 Å². The van der Waals surface area contributed by atoms with E-state index in [1.807, 2.05) is 32.0 Å². The second-order valence-corrected chi connectivity index (χ2v) is 9.86. The van der Waals surface area contributed by atoms with E-state index < -0.39 is 15.6 Å². The summed E-state index contributed by atoms with van der Waals surface area (Å²) in [5, 5.41) is 0. The van der Waals surface area contributed by atoms with Gasteiger partial charge in [0.25, 0.3) is 0 Å². The number of carbonyl (C=O) groups excluding carboxylic acids is 1. The minimum absolute atomic E-state index is 0.0667. The SMILES string of the molecule is COc1ccc(S(=O)(=O)N2CCC3(CC2)CC(=O)c2cc(C)ccc2O3)cc1C. The molecule has 1 saturated heterocycles. The first-order valence-corrected chi connectivity index (χ1v) is 11.2. The third-order valence-corrected chi connectivity index (χ3v) is 7.78. The van der Waals surface area contributed by atoms with Gasteiger partial charge in [0.15, 0.2) is 5.78 Å². The van der Waals surface area contributed by atoms with Crippen LogP contribution < -0.4 is 9.47 Å². The van der Waals surface area contributed by atoms with Crippen LogP contribution in [0.3, 0.4) is 0 Å². The van der Waals surface area contributed by atoms with Crippen LogP contribution in [0.25, 0.3) is 0 Å². The van der Waals surface area contributed by atoms with Crippen molar-refractivity contribution < 1.29 is 22.7 Å². The fraction of sp³-hybridized carbons (Fsp3) is 0.409. The maximum atomic E-state index is 13.1. The van der Waals surface area contributed by atoms with Crippen LogP contribution in [0.1, 0.15) is 40.7 Å². The van der Waals surface area contributed by atoms with E-state index >= 15 is 0 Å². The minimum atomic E-state index is -3.61. The largest absolute Gasteiger partial charge is 0.496 e. The van der Waals surface area contributed by atoms with Crippen LogP contribution in [0.15, 0.2) is 41.3 Å². The van der Waals surface area contributed by atoms with Gasteiger partial charge >= 0.3 is 0 Å². The van der Waals surface area contributed by atoms with Crippen molar-refractivity contribution in [3.8, 4) is 11.5 Å². The molecular weight excluding hydrogens is 390 g/mol. The molecule has 0 amide bonds. The number of ketones is 1. The molecule has 0 aromatic heterocycles. The number of aryl methyl sites for hydroxylation is 2. The van der Waals surface area contributed by atoms with E-state index in [2.05, 4.69) is 0 Å². The second kappa shape index (κ2) is 7.15. The summed E-state index contributed by atoms with van der Waals surface area (Å²) in [5.41, 5.74) is 1.79. The number of nitrogens with zero attached hydrogens (tertiary/aromatic N) is 1. The van der Waals surface area contributed by atoms with E-state index in [1.54, 1.807) is 25.3 Å². The van der Waals surface area contributed by atoms with E-state index in [1.165, 1.54) is 4.31 Å². The quantitative estimate of drug-likeness (QED) is 0.767. The normalized spacial score (nSPS) is 18.9. The molecule has 2 heterocycles. The number of piperidine rings is 1. The molecule has 2 aromatic rings. The fourth-order valence-electron chi connectivity index (χ4n) is 4.18. The lowest BCUT2D eigenvalue weighted by Gasteiger charge is -2.43. The molecule has 0 N–H and O–H groups in total. The molecule has 0 bridgehead atoms. The van der Waals surface area contributed by atoms with Crippen LogP contribution in [0.5, 0.6) is 11.5 Å². The van der Waals surface area contributed by atoms with Gasteiger partial charge in [-0.15, -0.1) is 0 Å². The van der Waals surface area contributed by atoms with Crippen LogP contribution in [0.2, 0.25) is 0 Å². The van der Waals surface area contributed by atoms with Gasteiger partial charge in [0.1, 0.15) is 17.1 Å². The average molecular weight is 416 g/mol. The first kappa shape index (κ1) is 19.9. The lowest BCUT2D eigenvalue weighted by atomic mass is 9.83. The van der Waals surface area contributed by atoms with E-state index in [9.17, 15) is 13.2 Å². The van der Waals surface area contributed by atoms with Gasteiger partial charge in [0.2, 0.25) is 10.0 Å². The molecule has 154 valence electrons. The number of ether oxygens (including phenoxy) is 2. The van der Waals surface area contributed by atoms with Crippen molar-refractivity contribution in [3.05, 3.63) is 53.1 Å². The van der Waals surface area contributed by atoms with Crippen molar-refractivity contribution in [2.45, 2.75) is 43.6 Å². The predicted molar refractivity (Wildman–Crippen MR) is 109 cm³/mol. The molecule has 6 nitrogen and oxygen atoms in total. The molecular formula is C22H25NO5S. The summed E-state index contributed by atoms with van der Waals surface area (Å²) in [4.78, 5) is 12.9. The Morgan fingerprint density at radius 1 is 1.07 bits per heavy atom. The zero-order valence-electron chi connectivity index (χ0n) is 16.9. The molecule has 29 heavy (non-hydrogen) atoms. The molecule has 0 aliphatic carbocycles. The molecule has 1 fully saturated rings. The van der Waals surface area contributed by atoms with Crippen LogP contribution in [-0.2, 0) is 10.0 Å². The van der Waals surface area contributed by atoms with Gasteiger partial charge < -0.3 is 9.47 Å². The highest BCUT2D eigenvalue weighted by Gasteiger charge is 2.45. The number of Topliss-reactive ketones (excluding diaryl/α,β-unsaturated/α-hetero) is 1. The van der Waals surface area contributed by atoms with Gasteiger partial charge in [-0.2, -0.15) is 4.31 Å². The van der Waals surface area contributed by atoms with Crippen LogP contribution in [0, 0.1) is 13.8 Å². The van der Waals surface area contributed by atoms with Crippen LogP contribution in [-0.4, -0.2) is 44.3 Å². The minimum Gasteiger partial charge on any atom is -0.496 e. The number of carbonyl (C=O) groups is 1. The Morgan fingerprint density at radius 3 is 2.45 bits per heavy atom. The summed E-state index contributed by atoms with van der Waals surface area (Å²) in [7, 11) is -2.05. The Labute approximate surface area is 171 Å². The monoisotopic (exact) mass is 415 g/mol. The van der Waals surface area contributed by atoms with Crippen molar-refractivity contribution >= 4 is 15.8 Å². The third-order valence-electron chi connectivity index (χ3n) is 5.88. The lowest BCUT2D eigenvalue weighted by Crippen LogP contribution is -2.52. The first-order valence-electron chi connectivity index (χ1n) is 9.72. The summed E-state index contributed by atoms with van der Waals surface area (Å²) >= 11 is 0. The summed E-state index contributed by atoms with van der Waals surface area (Å²) < 4.78 is 39.1. The van der Waals surface area contributed by atoms with Crippen molar-refractivity contribution in [2.24, 2.45) is 0 Å².